The Hall–Kier alpha value is -3.03. The summed E-state index contributed by atoms with van der Waals surface area (Å²) in [4.78, 5) is 22.0. The Morgan fingerprint density at radius 2 is 2.07 bits per heavy atom. The second kappa shape index (κ2) is 7.92. The molecule has 2 aromatic carbocycles. The first-order valence-corrected chi connectivity index (χ1v) is 9.74. The van der Waals surface area contributed by atoms with Gasteiger partial charge in [-0.25, -0.2) is 14.6 Å². The molecule has 0 atom stereocenters. The van der Waals surface area contributed by atoms with Gasteiger partial charge in [0.05, 0.1) is 12.2 Å². The van der Waals surface area contributed by atoms with Gasteiger partial charge in [0.15, 0.2) is 0 Å². The highest BCUT2D eigenvalue weighted by atomic mass is 35.5. The Morgan fingerprint density at radius 1 is 1.21 bits per heavy atom. The van der Waals surface area contributed by atoms with Crippen LogP contribution < -0.4 is 5.32 Å². The van der Waals surface area contributed by atoms with Crippen molar-refractivity contribution in [3.05, 3.63) is 82.3 Å². The molecule has 0 aliphatic rings. The highest BCUT2D eigenvalue weighted by Crippen LogP contribution is 2.30. The summed E-state index contributed by atoms with van der Waals surface area (Å²) >= 11 is 7.42. The number of nitrogens with zero attached hydrogens (tertiary/aromatic N) is 4. The van der Waals surface area contributed by atoms with Gasteiger partial charge in [-0.1, -0.05) is 41.9 Å². The predicted molar refractivity (Wildman–Crippen MR) is 111 cm³/mol. The number of aromatic nitrogens is 4. The number of benzene rings is 2. The summed E-state index contributed by atoms with van der Waals surface area (Å²) in [6.45, 7) is 2.35. The van der Waals surface area contributed by atoms with Gasteiger partial charge in [0.25, 0.3) is 5.91 Å². The summed E-state index contributed by atoms with van der Waals surface area (Å²) in [7, 11) is 0. The van der Waals surface area contributed by atoms with Gasteiger partial charge in [0.2, 0.25) is 0 Å². The lowest BCUT2D eigenvalue weighted by Crippen LogP contribution is -2.14. The number of para-hydroxylation sites is 1. The van der Waals surface area contributed by atoms with Crippen LogP contribution in [0.5, 0.6) is 0 Å². The Labute approximate surface area is 170 Å². The number of hydrogen-bond acceptors (Lipinski definition) is 5. The molecule has 1 amide bonds. The lowest BCUT2D eigenvalue weighted by atomic mass is 10.1. The minimum Gasteiger partial charge on any atom is -0.321 e. The van der Waals surface area contributed by atoms with Crippen LogP contribution in [-0.4, -0.2) is 25.7 Å². The van der Waals surface area contributed by atoms with Crippen LogP contribution in [-0.2, 0) is 6.54 Å². The molecule has 1 N–H and O–H groups in total. The van der Waals surface area contributed by atoms with E-state index in [0.717, 1.165) is 21.8 Å². The van der Waals surface area contributed by atoms with Crippen LogP contribution in [0.25, 0.3) is 10.6 Å². The Balaban J connectivity index is 1.58. The highest BCUT2D eigenvalue weighted by molar-refractivity contribution is 7.17. The van der Waals surface area contributed by atoms with E-state index < -0.39 is 0 Å². The van der Waals surface area contributed by atoms with Gasteiger partial charge in [-0.3, -0.25) is 4.79 Å². The second-order valence-electron chi connectivity index (χ2n) is 6.15. The van der Waals surface area contributed by atoms with E-state index in [1.165, 1.54) is 17.7 Å². The van der Waals surface area contributed by atoms with E-state index in [1.807, 2.05) is 55.5 Å². The van der Waals surface area contributed by atoms with E-state index >= 15 is 0 Å². The number of rotatable bonds is 5. The molecule has 2 heterocycles. The zero-order chi connectivity index (χ0) is 19.5. The Bertz CT molecular complexity index is 1120. The fraction of sp³-hybridized carbons (Fsp3) is 0.100. The third kappa shape index (κ3) is 3.95. The SMILES string of the molecule is Cc1nc(-c2cccc(Cl)c2)sc1C(=O)Nc1ccccc1Cn1cncn1. The monoisotopic (exact) mass is 409 g/mol. The summed E-state index contributed by atoms with van der Waals surface area (Å²) in [5.74, 6) is -0.186. The number of hydrogen-bond donors (Lipinski definition) is 1. The van der Waals surface area contributed by atoms with E-state index in [2.05, 4.69) is 20.4 Å². The number of carbonyl (C=O) groups is 1. The van der Waals surface area contributed by atoms with E-state index in [-0.39, 0.29) is 5.91 Å². The molecule has 2 aromatic heterocycles. The minimum absolute atomic E-state index is 0.186. The van der Waals surface area contributed by atoms with Crippen molar-refractivity contribution in [1.82, 2.24) is 19.7 Å². The normalized spacial score (nSPS) is 10.8. The second-order valence-corrected chi connectivity index (χ2v) is 7.58. The molecule has 0 bridgehead atoms. The van der Waals surface area contributed by atoms with Gasteiger partial charge >= 0.3 is 0 Å². The third-order valence-electron chi connectivity index (χ3n) is 4.14. The van der Waals surface area contributed by atoms with Crippen LogP contribution in [0.2, 0.25) is 5.02 Å². The van der Waals surface area contributed by atoms with Crippen molar-refractivity contribution in [2.75, 3.05) is 5.32 Å². The van der Waals surface area contributed by atoms with E-state index in [9.17, 15) is 4.79 Å². The number of anilines is 1. The number of halogens is 1. The van der Waals surface area contributed by atoms with Crippen LogP contribution >= 0.6 is 22.9 Å². The molecular weight excluding hydrogens is 394 g/mol. The Kier molecular flexibility index (Phi) is 5.18. The average molecular weight is 410 g/mol. The van der Waals surface area contributed by atoms with Crippen molar-refractivity contribution >= 4 is 34.5 Å². The lowest BCUT2D eigenvalue weighted by Gasteiger charge is -2.10. The number of aryl methyl sites for hydroxylation is 1. The number of nitrogens with one attached hydrogen (secondary N) is 1. The van der Waals surface area contributed by atoms with Gasteiger partial charge in [0, 0.05) is 16.3 Å². The van der Waals surface area contributed by atoms with Crippen LogP contribution in [0.15, 0.2) is 61.2 Å². The smallest absolute Gasteiger partial charge is 0.267 e. The molecule has 6 nitrogen and oxygen atoms in total. The van der Waals surface area contributed by atoms with Gasteiger partial charge in [-0.05, 0) is 30.7 Å². The summed E-state index contributed by atoms with van der Waals surface area (Å²) < 4.78 is 1.71. The molecule has 0 aliphatic heterocycles. The Morgan fingerprint density at radius 3 is 2.86 bits per heavy atom. The van der Waals surface area contributed by atoms with Gasteiger partial charge < -0.3 is 5.32 Å². The van der Waals surface area contributed by atoms with Crippen molar-refractivity contribution in [3.8, 4) is 10.6 Å². The maximum atomic E-state index is 12.9. The molecule has 0 saturated carbocycles. The molecule has 0 unspecified atom stereocenters. The maximum absolute atomic E-state index is 12.9. The molecular formula is C20H16ClN5OS. The van der Waals surface area contributed by atoms with Crippen molar-refractivity contribution in [2.24, 2.45) is 0 Å². The summed E-state index contributed by atoms with van der Waals surface area (Å²) in [5.41, 5.74) is 3.26. The number of carbonyl (C=O) groups excluding carboxylic acids is 1. The van der Waals surface area contributed by atoms with Crippen molar-refractivity contribution in [1.29, 1.82) is 0 Å². The van der Waals surface area contributed by atoms with Crippen LogP contribution in [0.3, 0.4) is 0 Å². The molecule has 0 spiro atoms. The number of amides is 1. The molecule has 8 heteroatoms. The maximum Gasteiger partial charge on any atom is 0.267 e. The molecule has 4 rings (SSSR count). The summed E-state index contributed by atoms with van der Waals surface area (Å²) in [5, 5.41) is 8.52. The highest BCUT2D eigenvalue weighted by Gasteiger charge is 2.17. The number of thiazole rings is 1. The summed E-state index contributed by atoms with van der Waals surface area (Å²) in [6.07, 6.45) is 3.13. The van der Waals surface area contributed by atoms with Gasteiger partial charge in [-0.2, -0.15) is 5.10 Å². The molecule has 140 valence electrons. The first-order chi connectivity index (χ1) is 13.6. The zero-order valence-corrected chi connectivity index (χ0v) is 16.5. The van der Waals surface area contributed by atoms with E-state index in [1.54, 1.807) is 11.0 Å². The van der Waals surface area contributed by atoms with Crippen LogP contribution in [0.1, 0.15) is 20.9 Å². The van der Waals surface area contributed by atoms with Crippen molar-refractivity contribution in [2.45, 2.75) is 13.5 Å². The zero-order valence-electron chi connectivity index (χ0n) is 15.0. The topological polar surface area (TPSA) is 72.7 Å². The predicted octanol–water partition coefficient (Wildman–Crippen LogP) is 4.66. The average Bonchev–Trinajstić information content (AvgIpc) is 3.33. The van der Waals surface area contributed by atoms with Gasteiger partial charge in [0.1, 0.15) is 22.5 Å². The van der Waals surface area contributed by atoms with Gasteiger partial charge in [-0.15, -0.1) is 11.3 Å². The molecule has 0 saturated heterocycles. The van der Waals surface area contributed by atoms with Crippen molar-refractivity contribution < 1.29 is 4.79 Å². The molecule has 0 aliphatic carbocycles. The molecule has 0 radical (unpaired) electrons. The van der Waals surface area contributed by atoms with E-state index in [4.69, 9.17) is 11.6 Å². The van der Waals surface area contributed by atoms with E-state index in [0.29, 0.717) is 22.1 Å². The first kappa shape index (κ1) is 18.3. The molecule has 28 heavy (non-hydrogen) atoms. The third-order valence-corrected chi connectivity index (χ3v) is 5.58. The largest absolute Gasteiger partial charge is 0.321 e. The van der Waals surface area contributed by atoms with Crippen LogP contribution in [0.4, 0.5) is 5.69 Å². The summed E-state index contributed by atoms with van der Waals surface area (Å²) in [6, 6.07) is 15.1. The standard InChI is InChI=1S/C20H16ClN5OS/c1-13-18(28-20(24-13)14-6-4-7-16(21)9-14)19(27)25-17-8-3-2-5-15(17)10-26-12-22-11-23-26/h2-9,11-12H,10H2,1H3,(H,25,27). The molecule has 0 fully saturated rings. The molecule has 4 aromatic rings. The quantitative estimate of drug-likeness (QED) is 0.520. The first-order valence-electron chi connectivity index (χ1n) is 8.55. The lowest BCUT2D eigenvalue weighted by molar-refractivity contribution is 0.102. The van der Waals surface area contributed by atoms with Crippen LogP contribution in [0, 0.1) is 6.92 Å². The van der Waals surface area contributed by atoms with Crippen molar-refractivity contribution in [3.63, 3.8) is 0 Å². The fourth-order valence-electron chi connectivity index (χ4n) is 2.80. The fourth-order valence-corrected chi connectivity index (χ4v) is 3.95. The minimum atomic E-state index is -0.186.